The normalized spacial score (nSPS) is 25.2. The molecule has 1 aromatic heterocycles. The molecule has 0 radical (unpaired) electrons. The molecule has 1 aliphatic rings. The molecule has 1 saturated heterocycles. The van der Waals surface area contributed by atoms with Gasteiger partial charge in [-0.1, -0.05) is 7.40 Å². The van der Waals surface area contributed by atoms with Crippen LogP contribution in [0.2, 0.25) is 0 Å². The van der Waals surface area contributed by atoms with E-state index in [-0.39, 0.29) is 38.4 Å². The highest BCUT2D eigenvalue weighted by molar-refractivity contribution is 5.81. The van der Waals surface area contributed by atoms with E-state index in [1.165, 1.54) is 24.2 Å². The minimum absolute atomic E-state index is 0.118. The molecule has 1 aromatic rings. The number of anilines is 1. The minimum atomic E-state index is -4.92. The van der Waals surface area contributed by atoms with E-state index in [9.17, 15) is 27.9 Å². The number of rotatable bonds is 8. The Morgan fingerprint density at radius 2 is 2.32 bits per heavy atom. The number of ether oxygens (including phenoxy) is 1. The van der Waals surface area contributed by atoms with Crippen LogP contribution in [0.15, 0.2) is 17.1 Å². The molecule has 28 heavy (non-hydrogen) atoms. The standard InChI is InChI=1S/C15H21F3N4O5.CH4/c1-14(8-23)9(24)7-11(27-14)22-6-3-10(21-13(22)26)19-4-2-5-20-12(25)15(16,17)18;/h3,6,9,11,23-24H,2,4-5,7-8H2,1H3,(H,20,25)(H,19,21,26);1H4/i23T;1D. The highest BCUT2D eigenvalue weighted by Crippen LogP contribution is 2.35. The number of nitrogens with one attached hydrogen (secondary N) is 2. The first-order valence-corrected chi connectivity index (χ1v) is 8.19. The van der Waals surface area contributed by atoms with Crippen molar-refractivity contribution >= 4 is 11.7 Å². The predicted octanol–water partition coefficient (Wildman–Crippen LogP) is 0.391. The lowest BCUT2D eigenvalue weighted by molar-refractivity contribution is -0.173. The average molecular weight is 413 g/mol. The van der Waals surface area contributed by atoms with Crippen molar-refractivity contribution in [3.8, 4) is 0 Å². The van der Waals surface area contributed by atoms with Crippen LogP contribution in [-0.4, -0.2) is 64.7 Å². The summed E-state index contributed by atoms with van der Waals surface area (Å²) in [6.45, 7) is 1.40. The fourth-order valence-electron chi connectivity index (χ4n) is 2.52. The first-order chi connectivity index (χ1) is 14.1. The monoisotopic (exact) mass is 413 g/mol. The highest BCUT2D eigenvalue weighted by Gasteiger charge is 2.45. The van der Waals surface area contributed by atoms with E-state index in [2.05, 4.69) is 15.4 Å². The number of aliphatic hydroxyl groups excluding tert-OH is 2. The largest absolute Gasteiger partial charge is 0.471 e. The molecule has 0 saturated carbocycles. The number of nitrogens with zero attached hydrogens (tertiary/aromatic N) is 2. The summed E-state index contributed by atoms with van der Waals surface area (Å²) in [5.74, 6) is -1.80. The maximum atomic E-state index is 12.2. The number of aliphatic hydroxyl groups is 2. The van der Waals surface area contributed by atoms with E-state index < -0.39 is 35.7 Å². The van der Waals surface area contributed by atoms with Crippen molar-refractivity contribution < 1.29 is 34.3 Å². The fraction of sp³-hybridized carbons (Fsp3) is 0.688. The van der Waals surface area contributed by atoms with Crippen molar-refractivity contribution in [1.29, 1.82) is 1.43 Å². The molecule has 2 heterocycles. The van der Waals surface area contributed by atoms with Gasteiger partial charge in [0, 0.05) is 27.1 Å². The van der Waals surface area contributed by atoms with Crippen LogP contribution in [-0.2, 0) is 9.53 Å². The zero-order valence-electron chi connectivity index (χ0n) is 17.5. The quantitative estimate of drug-likeness (QED) is 0.454. The Balaban J connectivity index is 0.00000218. The summed E-state index contributed by atoms with van der Waals surface area (Å²) in [6, 6.07) is 1.47. The zero-order valence-corrected chi connectivity index (χ0v) is 15.5. The lowest BCUT2D eigenvalue weighted by Crippen LogP contribution is -2.39. The van der Waals surface area contributed by atoms with Gasteiger partial charge in [-0.15, -0.1) is 0 Å². The zero-order chi connectivity index (χ0) is 22.9. The van der Waals surface area contributed by atoms with Crippen LogP contribution < -0.4 is 16.3 Å². The number of hydrogen-bond donors (Lipinski definition) is 4. The number of hydrogen-bond acceptors (Lipinski definition) is 7. The van der Waals surface area contributed by atoms with Crippen molar-refractivity contribution in [2.24, 2.45) is 0 Å². The maximum absolute atomic E-state index is 12.2. The third-order valence-corrected chi connectivity index (χ3v) is 4.16. The first kappa shape index (κ1) is 20.6. The Morgan fingerprint density at radius 1 is 1.61 bits per heavy atom. The molecule has 0 aromatic carbocycles. The van der Waals surface area contributed by atoms with Crippen LogP contribution in [0.3, 0.4) is 0 Å². The Hall–Kier alpha value is -2.18. The molecular formula is C16H25F3N4O5. The molecule has 12 heteroatoms. The summed E-state index contributed by atoms with van der Waals surface area (Å²) >= 11 is 0. The third-order valence-electron chi connectivity index (χ3n) is 4.16. The molecule has 4 N–H and O–H groups in total. The summed E-state index contributed by atoms with van der Waals surface area (Å²) in [5, 5.41) is 18.9. The molecule has 3 atom stereocenters. The van der Waals surface area contributed by atoms with Crippen LogP contribution >= 0.6 is 0 Å². The molecule has 9 nitrogen and oxygen atoms in total. The van der Waals surface area contributed by atoms with Crippen LogP contribution in [0.1, 0.15) is 34.8 Å². The van der Waals surface area contributed by atoms with Crippen molar-refractivity contribution in [2.75, 3.05) is 25.0 Å². The van der Waals surface area contributed by atoms with Crippen LogP contribution in [0.25, 0.3) is 0 Å². The van der Waals surface area contributed by atoms with E-state index in [1.807, 2.05) is 0 Å². The Kier molecular flexibility index (Phi) is 6.86. The number of carbonyl (C=O) groups excluding carboxylic acids is 1. The van der Waals surface area contributed by atoms with Crippen LogP contribution in [0.5, 0.6) is 0 Å². The topological polar surface area (TPSA) is 126 Å². The smallest absolute Gasteiger partial charge is 0.393 e. The van der Waals surface area contributed by atoms with Crippen molar-refractivity contribution in [1.82, 2.24) is 14.9 Å². The summed E-state index contributed by atoms with van der Waals surface area (Å²) in [6.07, 6.45) is -4.91. The predicted molar refractivity (Wildman–Crippen MR) is 93.6 cm³/mol. The van der Waals surface area contributed by atoms with Crippen LogP contribution in [0, 0.1) is 0 Å². The van der Waals surface area contributed by atoms with Crippen molar-refractivity contribution in [2.45, 2.75) is 51.3 Å². The summed E-state index contributed by atoms with van der Waals surface area (Å²) < 4.78 is 55.5. The first-order valence-electron chi connectivity index (χ1n) is 9.60. The average Bonchev–Trinajstić information content (AvgIpc) is 2.96. The SMILES string of the molecule is [2H]C.[3H]OCC1(C)OC(n2ccc(NCCCNC(=O)C(F)(F)F)nc2=O)CC1O. The number of aromatic nitrogens is 2. The van der Waals surface area contributed by atoms with E-state index in [0.29, 0.717) is 0 Å². The van der Waals surface area contributed by atoms with Crippen LogP contribution in [0.4, 0.5) is 19.0 Å². The van der Waals surface area contributed by atoms with Gasteiger partial charge < -0.3 is 25.6 Å². The third kappa shape index (κ3) is 5.66. The van der Waals surface area contributed by atoms with E-state index in [1.54, 1.807) is 12.2 Å². The van der Waals surface area contributed by atoms with Gasteiger partial charge in [0.15, 0.2) is 0 Å². The summed E-state index contributed by atoms with van der Waals surface area (Å²) in [5.41, 5.74) is -1.77. The van der Waals surface area contributed by atoms with Gasteiger partial charge >= 0.3 is 17.8 Å². The number of alkyl halides is 3. The van der Waals surface area contributed by atoms with E-state index in [4.69, 9.17) is 7.54 Å². The van der Waals surface area contributed by atoms with Gasteiger partial charge in [-0.05, 0) is 19.4 Å². The molecule has 0 spiro atoms. The second kappa shape index (κ2) is 9.34. The molecule has 0 aliphatic carbocycles. The Morgan fingerprint density at radius 3 is 2.93 bits per heavy atom. The molecule has 0 bridgehead atoms. The lowest BCUT2D eigenvalue weighted by atomic mass is 10.0. The summed E-state index contributed by atoms with van der Waals surface area (Å²) in [4.78, 5) is 26.7. The number of halogens is 3. The van der Waals surface area contributed by atoms with Crippen molar-refractivity contribution in [3.63, 3.8) is 0 Å². The van der Waals surface area contributed by atoms with Gasteiger partial charge in [-0.2, -0.15) is 18.2 Å². The second-order valence-corrected chi connectivity index (χ2v) is 6.32. The molecule has 1 amide bonds. The van der Waals surface area contributed by atoms with Gasteiger partial charge in [0.05, 0.1) is 12.7 Å². The minimum Gasteiger partial charge on any atom is -0.393 e. The second-order valence-electron chi connectivity index (χ2n) is 6.32. The van der Waals surface area contributed by atoms with Gasteiger partial charge in [-0.3, -0.25) is 9.36 Å². The molecule has 1 aliphatic heterocycles. The van der Waals surface area contributed by atoms with E-state index in [0.717, 1.165) is 0 Å². The van der Waals surface area contributed by atoms with Gasteiger partial charge in [0.1, 0.15) is 17.6 Å². The molecule has 1 fully saturated rings. The highest BCUT2D eigenvalue weighted by atomic mass is 19.4. The van der Waals surface area contributed by atoms with Gasteiger partial charge in [-0.25, -0.2) is 4.79 Å². The maximum Gasteiger partial charge on any atom is 0.471 e. The molecule has 160 valence electrons. The fourth-order valence-corrected chi connectivity index (χ4v) is 2.52. The van der Waals surface area contributed by atoms with Crippen molar-refractivity contribution in [3.05, 3.63) is 22.7 Å². The molecular weight excluding hydrogens is 385 g/mol. The Labute approximate surface area is 162 Å². The summed E-state index contributed by atoms with van der Waals surface area (Å²) in [7, 11) is 1.25. The number of amides is 1. The Bertz CT molecular complexity index is 752. The lowest BCUT2D eigenvalue weighted by Gasteiger charge is -2.25. The molecule has 2 rings (SSSR count). The van der Waals surface area contributed by atoms with Gasteiger partial charge in [0.25, 0.3) is 0 Å². The molecule has 3 unspecified atom stereocenters. The van der Waals surface area contributed by atoms with E-state index >= 15 is 0 Å². The number of carbonyl (C=O) groups is 1. The van der Waals surface area contributed by atoms with Gasteiger partial charge in [0.2, 0.25) is 1.43 Å².